The van der Waals surface area contributed by atoms with E-state index >= 15 is 0 Å². The second-order valence-corrected chi connectivity index (χ2v) is 8.28. The molecule has 0 aromatic heterocycles. The zero-order chi connectivity index (χ0) is 18.6. The monoisotopic (exact) mass is 417 g/mol. The third-order valence-corrected chi connectivity index (χ3v) is 5.99. The van der Waals surface area contributed by atoms with Crippen molar-refractivity contribution in [3.8, 4) is 0 Å². The average molecular weight is 418 g/mol. The predicted octanol–water partition coefficient (Wildman–Crippen LogP) is 4.41. The van der Waals surface area contributed by atoms with E-state index in [2.05, 4.69) is 58.9 Å². The Morgan fingerprint density at radius 3 is 2.23 bits per heavy atom. The van der Waals surface area contributed by atoms with Crippen LogP contribution in [0.1, 0.15) is 30.9 Å². The Kier molecular flexibility index (Phi) is 6.51. The van der Waals surface area contributed by atoms with Crippen LogP contribution in [0.15, 0.2) is 59.1 Å². The molecule has 0 radical (unpaired) electrons. The standard InChI is InChI=1S/C22H28BrNO2/c1-17(2)22(25,19-8-10-20(23)11-9-19)21(18-6-4-3-5-7-18)16-24-12-14-26-15-13-24/h3-11,17,21,25H,12-16H2,1-2H3. The highest BCUT2D eigenvalue weighted by Crippen LogP contribution is 2.43. The van der Waals surface area contributed by atoms with Crippen LogP contribution in [0.2, 0.25) is 0 Å². The Balaban J connectivity index is 2.02. The highest BCUT2D eigenvalue weighted by molar-refractivity contribution is 9.10. The molecule has 2 atom stereocenters. The van der Waals surface area contributed by atoms with Gasteiger partial charge in [0.25, 0.3) is 0 Å². The molecule has 1 aliphatic heterocycles. The fraction of sp³-hybridized carbons (Fsp3) is 0.455. The van der Waals surface area contributed by atoms with E-state index in [1.807, 2.05) is 30.3 Å². The third-order valence-electron chi connectivity index (χ3n) is 5.46. The number of hydrogen-bond acceptors (Lipinski definition) is 3. The van der Waals surface area contributed by atoms with Crippen molar-refractivity contribution < 1.29 is 9.84 Å². The van der Waals surface area contributed by atoms with Crippen molar-refractivity contribution in [2.45, 2.75) is 25.4 Å². The van der Waals surface area contributed by atoms with Gasteiger partial charge < -0.3 is 9.84 Å². The minimum atomic E-state index is -0.944. The molecule has 4 heteroatoms. The molecule has 3 rings (SSSR count). The summed E-state index contributed by atoms with van der Waals surface area (Å²) in [6.45, 7) is 8.39. The first-order valence-electron chi connectivity index (χ1n) is 9.35. The van der Waals surface area contributed by atoms with E-state index in [-0.39, 0.29) is 11.8 Å². The summed E-state index contributed by atoms with van der Waals surface area (Å²) in [5, 5.41) is 12.0. The van der Waals surface area contributed by atoms with Crippen molar-refractivity contribution >= 4 is 15.9 Å². The van der Waals surface area contributed by atoms with Gasteiger partial charge in [-0.25, -0.2) is 0 Å². The Hall–Kier alpha value is -1.20. The average Bonchev–Trinajstić information content (AvgIpc) is 2.67. The molecule has 0 spiro atoms. The Morgan fingerprint density at radius 1 is 1.04 bits per heavy atom. The molecule has 1 aliphatic rings. The summed E-state index contributed by atoms with van der Waals surface area (Å²) in [5.74, 6) is 0.0675. The van der Waals surface area contributed by atoms with Crippen LogP contribution in [0.5, 0.6) is 0 Å². The van der Waals surface area contributed by atoms with Gasteiger partial charge in [-0.15, -0.1) is 0 Å². The summed E-state index contributed by atoms with van der Waals surface area (Å²) in [6.07, 6.45) is 0. The number of benzene rings is 2. The fourth-order valence-corrected chi connectivity index (χ4v) is 4.14. The number of aliphatic hydroxyl groups is 1. The molecule has 3 nitrogen and oxygen atoms in total. The molecule has 140 valence electrons. The molecule has 0 bridgehead atoms. The molecule has 1 N–H and O–H groups in total. The SMILES string of the molecule is CC(C)C(O)(c1ccc(Br)cc1)C(CN1CCOCC1)c1ccccc1. The highest BCUT2D eigenvalue weighted by atomic mass is 79.9. The first-order chi connectivity index (χ1) is 12.5. The predicted molar refractivity (Wildman–Crippen MR) is 109 cm³/mol. The normalized spacial score (nSPS) is 19.3. The van der Waals surface area contributed by atoms with Crippen LogP contribution in [0, 0.1) is 5.92 Å². The van der Waals surface area contributed by atoms with Crippen molar-refractivity contribution in [1.29, 1.82) is 0 Å². The van der Waals surface area contributed by atoms with Gasteiger partial charge in [0, 0.05) is 30.0 Å². The van der Waals surface area contributed by atoms with Crippen LogP contribution in [0.3, 0.4) is 0 Å². The van der Waals surface area contributed by atoms with Crippen molar-refractivity contribution in [1.82, 2.24) is 4.90 Å². The van der Waals surface area contributed by atoms with Crippen molar-refractivity contribution in [2.24, 2.45) is 5.92 Å². The molecule has 1 fully saturated rings. The van der Waals surface area contributed by atoms with Crippen molar-refractivity contribution in [3.63, 3.8) is 0 Å². The Labute approximate surface area is 165 Å². The molecule has 2 aromatic rings. The maximum Gasteiger partial charge on any atom is 0.0999 e. The van der Waals surface area contributed by atoms with E-state index in [4.69, 9.17) is 4.74 Å². The highest BCUT2D eigenvalue weighted by Gasteiger charge is 2.43. The molecule has 0 aliphatic carbocycles. The van der Waals surface area contributed by atoms with E-state index < -0.39 is 5.60 Å². The molecule has 2 aromatic carbocycles. The molecule has 1 heterocycles. The van der Waals surface area contributed by atoms with Crippen LogP contribution < -0.4 is 0 Å². The first kappa shape index (κ1) is 19.6. The van der Waals surface area contributed by atoms with Gasteiger partial charge in [-0.2, -0.15) is 0 Å². The van der Waals surface area contributed by atoms with E-state index in [1.54, 1.807) is 0 Å². The molecule has 1 saturated heterocycles. The van der Waals surface area contributed by atoms with Crippen LogP contribution in [0.4, 0.5) is 0 Å². The number of hydrogen-bond donors (Lipinski definition) is 1. The Bertz CT molecular complexity index is 683. The van der Waals surface area contributed by atoms with E-state index in [9.17, 15) is 5.11 Å². The molecular formula is C22H28BrNO2. The molecule has 0 amide bonds. The number of morpholine rings is 1. The lowest BCUT2D eigenvalue weighted by Crippen LogP contribution is -2.47. The zero-order valence-electron chi connectivity index (χ0n) is 15.6. The third kappa shape index (κ3) is 4.20. The van der Waals surface area contributed by atoms with Crippen LogP contribution in [0.25, 0.3) is 0 Å². The summed E-state index contributed by atoms with van der Waals surface area (Å²) in [6, 6.07) is 18.5. The quantitative estimate of drug-likeness (QED) is 0.755. The van der Waals surface area contributed by atoms with Gasteiger partial charge in [0.2, 0.25) is 0 Å². The topological polar surface area (TPSA) is 32.7 Å². The smallest absolute Gasteiger partial charge is 0.0999 e. The molecule has 26 heavy (non-hydrogen) atoms. The lowest BCUT2D eigenvalue weighted by molar-refractivity contribution is -0.0547. The maximum atomic E-state index is 12.0. The Morgan fingerprint density at radius 2 is 1.65 bits per heavy atom. The number of ether oxygens (including phenoxy) is 1. The summed E-state index contributed by atoms with van der Waals surface area (Å²) in [7, 11) is 0. The van der Waals surface area contributed by atoms with E-state index in [0.29, 0.717) is 0 Å². The molecule has 2 unspecified atom stereocenters. The van der Waals surface area contributed by atoms with Crippen molar-refractivity contribution in [2.75, 3.05) is 32.8 Å². The summed E-state index contributed by atoms with van der Waals surface area (Å²) in [5.41, 5.74) is 1.20. The van der Waals surface area contributed by atoms with Gasteiger partial charge in [0.1, 0.15) is 0 Å². The van der Waals surface area contributed by atoms with Gasteiger partial charge in [-0.3, -0.25) is 4.90 Å². The van der Waals surface area contributed by atoms with Gasteiger partial charge in [-0.05, 0) is 29.2 Å². The summed E-state index contributed by atoms with van der Waals surface area (Å²) < 4.78 is 6.53. The summed E-state index contributed by atoms with van der Waals surface area (Å²) >= 11 is 3.51. The van der Waals surface area contributed by atoms with Gasteiger partial charge >= 0.3 is 0 Å². The molecular weight excluding hydrogens is 390 g/mol. The van der Waals surface area contributed by atoms with Gasteiger partial charge in [-0.1, -0.05) is 72.2 Å². The van der Waals surface area contributed by atoms with E-state index in [1.165, 1.54) is 5.56 Å². The summed E-state index contributed by atoms with van der Waals surface area (Å²) in [4.78, 5) is 2.41. The molecule has 0 saturated carbocycles. The van der Waals surface area contributed by atoms with E-state index in [0.717, 1.165) is 42.9 Å². The van der Waals surface area contributed by atoms with Crippen LogP contribution in [-0.4, -0.2) is 42.9 Å². The fourth-order valence-electron chi connectivity index (χ4n) is 3.88. The van der Waals surface area contributed by atoms with Gasteiger partial charge in [0.05, 0.1) is 18.8 Å². The van der Waals surface area contributed by atoms with Crippen LogP contribution >= 0.6 is 15.9 Å². The van der Waals surface area contributed by atoms with Gasteiger partial charge in [0.15, 0.2) is 0 Å². The zero-order valence-corrected chi connectivity index (χ0v) is 17.2. The number of halogens is 1. The van der Waals surface area contributed by atoms with Crippen molar-refractivity contribution in [3.05, 3.63) is 70.2 Å². The second-order valence-electron chi connectivity index (χ2n) is 7.36. The largest absolute Gasteiger partial charge is 0.384 e. The second kappa shape index (κ2) is 8.66. The first-order valence-corrected chi connectivity index (χ1v) is 10.1. The lowest BCUT2D eigenvalue weighted by Gasteiger charge is -2.43. The number of rotatable bonds is 6. The minimum absolute atomic E-state index is 0.0111. The maximum absolute atomic E-state index is 12.0. The number of nitrogens with zero attached hydrogens (tertiary/aromatic N) is 1. The van der Waals surface area contributed by atoms with Crippen LogP contribution in [-0.2, 0) is 10.3 Å². The minimum Gasteiger partial charge on any atom is -0.384 e. The lowest BCUT2D eigenvalue weighted by atomic mass is 9.70.